The number of rotatable bonds is 30. The van der Waals surface area contributed by atoms with Crippen molar-refractivity contribution in [2.24, 2.45) is 0 Å². The van der Waals surface area contributed by atoms with Gasteiger partial charge in [-0.2, -0.15) is 0 Å². The minimum absolute atomic E-state index is 0.0118. The van der Waals surface area contributed by atoms with Crippen molar-refractivity contribution < 1.29 is 63.3 Å². The van der Waals surface area contributed by atoms with Crippen molar-refractivity contribution in [3.63, 3.8) is 0 Å². The lowest BCUT2D eigenvalue weighted by Gasteiger charge is -2.24. The first-order valence-electron chi connectivity index (χ1n) is 22.6. The second kappa shape index (κ2) is 28.5. The number of imide groups is 1. The molecule has 374 valence electrons. The Kier molecular flexibility index (Phi) is 22.3. The number of carboxylic acid groups (broad SMARTS) is 3. The van der Waals surface area contributed by atoms with Gasteiger partial charge in [0.15, 0.2) is 0 Å². The van der Waals surface area contributed by atoms with E-state index in [-0.39, 0.29) is 56.0 Å². The van der Waals surface area contributed by atoms with Crippen LogP contribution in [0.5, 0.6) is 0 Å². The molecular formula is C48H57ClN8O13. The molecule has 8 amide bonds. The largest absolute Gasteiger partial charge is 0.481 e. The third-order valence-electron chi connectivity index (χ3n) is 10.8. The first-order chi connectivity index (χ1) is 33.5. The van der Waals surface area contributed by atoms with Crippen LogP contribution in [-0.4, -0.2) is 123 Å². The first kappa shape index (κ1) is 54.8. The number of para-hydroxylation sites is 1. The molecule has 0 fully saturated rings. The van der Waals surface area contributed by atoms with Gasteiger partial charge in [-0.25, -0.2) is 14.4 Å². The summed E-state index contributed by atoms with van der Waals surface area (Å²) in [5, 5.41) is 45.2. The third-order valence-corrected chi connectivity index (χ3v) is 11.2. The van der Waals surface area contributed by atoms with Crippen molar-refractivity contribution in [1.82, 2.24) is 36.8 Å². The normalized spacial score (nSPS) is 13.8. The molecular weight excluding hydrogens is 932 g/mol. The summed E-state index contributed by atoms with van der Waals surface area (Å²) in [6, 6.07) is 20.1. The summed E-state index contributed by atoms with van der Waals surface area (Å²) in [5.74, 6) is -7.69. The van der Waals surface area contributed by atoms with Crippen LogP contribution in [0.25, 0.3) is 0 Å². The Bertz CT molecular complexity index is 2360. The quantitative estimate of drug-likeness (QED) is 0.0339. The van der Waals surface area contributed by atoms with Crippen LogP contribution in [0.15, 0.2) is 102 Å². The standard InChI is InChI=1S/C48H57ClN8O13/c49-40-41(52-32-18-10-5-11-19-32)45(65)57(44(40)64)27-13-2-1-12-20-38(59)53-36(29-31-16-8-4-9-17-31)43(63)54-35(28-30-14-6-3-7-15-30)42(62)51-26-25-50-37(58)23-21-33(46(66)67)55-48(70)56-34(47(68)69)22-24-39(60)61/h3-11,14-19,33-36,52H,1-2,12-13,20-29H2,(H,50,58)(H,51,62)(H,53,59)(H,54,63)(H,60,61)(H,66,67)(H,68,69)(H2,55,56,70)/t33-,34-,35-,36-/m0/s1. The van der Waals surface area contributed by atoms with Crippen LogP contribution in [0.4, 0.5) is 10.5 Å². The highest BCUT2D eigenvalue weighted by atomic mass is 35.5. The molecule has 10 N–H and O–H groups in total. The molecule has 0 unspecified atom stereocenters. The second-order valence-corrected chi connectivity index (χ2v) is 16.6. The van der Waals surface area contributed by atoms with Gasteiger partial charge >= 0.3 is 23.9 Å². The highest BCUT2D eigenvalue weighted by molar-refractivity contribution is 6.48. The van der Waals surface area contributed by atoms with Crippen LogP contribution in [0.2, 0.25) is 0 Å². The van der Waals surface area contributed by atoms with Crippen molar-refractivity contribution in [1.29, 1.82) is 0 Å². The summed E-state index contributed by atoms with van der Waals surface area (Å²) in [7, 11) is 0. The van der Waals surface area contributed by atoms with Crippen molar-refractivity contribution in [3.8, 4) is 0 Å². The number of benzene rings is 3. The molecule has 70 heavy (non-hydrogen) atoms. The number of carbonyl (C=O) groups excluding carboxylic acids is 7. The zero-order valence-electron chi connectivity index (χ0n) is 38.1. The number of nitrogens with zero attached hydrogens (tertiary/aromatic N) is 1. The van der Waals surface area contributed by atoms with Crippen molar-refractivity contribution in [2.45, 2.75) is 94.8 Å². The summed E-state index contributed by atoms with van der Waals surface area (Å²) < 4.78 is 0. The molecule has 3 aromatic rings. The SMILES string of the molecule is O=C(O)CC[C@H](NC(=O)N[C@@H](CCC(=O)NCCNC(=O)[C@H](Cc1ccccc1)NC(=O)[C@H](Cc1ccccc1)NC(=O)CCCCCCN1C(=O)C(Cl)=C(Nc2ccccc2)C1=O)C(=O)O)C(=O)O. The first-order valence-corrected chi connectivity index (χ1v) is 22.9. The Labute approximate surface area is 408 Å². The minimum atomic E-state index is -1.60. The maximum Gasteiger partial charge on any atom is 0.326 e. The minimum Gasteiger partial charge on any atom is -0.481 e. The molecule has 4 atom stereocenters. The van der Waals surface area contributed by atoms with Gasteiger partial charge in [-0.05, 0) is 48.9 Å². The second-order valence-electron chi connectivity index (χ2n) is 16.2. The van der Waals surface area contributed by atoms with Crippen LogP contribution >= 0.6 is 11.6 Å². The van der Waals surface area contributed by atoms with Gasteiger partial charge in [0.05, 0.1) is 0 Å². The molecule has 1 aliphatic heterocycles. The van der Waals surface area contributed by atoms with E-state index in [0.717, 1.165) is 16.0 Å². The molecule has 21 nitrogen and oxygen atoms in total. The fourth-order valence-corrected chi connectivity index (χ4v) is 7.34. The van der Waals surface area contributed by atoms with Crippen LogP contribution in [0, 0.1) is 0 Å². The molecule has 0 aliphatic carbocycles. The third kappa shape index (κ3) is 18.7. The number of unbranched alkanes of at least 4 members (excludes halogenated alkanes) is 3. The van der Waals surface area contributed by atoms with Gasteiger partial charge in [0, 0.05) is 57.4 Å². The molecule has 3 aromatic carbocycles. The van der Waals surface area contributed by atoms with E-state index in [9.17, 15) is 58.2 Å². The Morgan fingerprint density at radius 1 is 0.529 bits per heavy atom. The number of hydrogen-bond donors (Lipinski definition) is 10. The number of amides is 8. The van der Waals surface area contributed by atoms with Crippen LogP contribution in [-0.2, 0) is 56.0 Å². The number of carbonyl (C=O) groups is 10. The van der Waals surface area contributed by atoms with E-state index in [4.69, 9.17) is 16.7 Å². The van der Waals surface area contributed by atoms with Gasteiger partial charge in [-0.3, -0.25) is 38.5 Å². The smallest absolute Gasteiger partial charge is 0.326 e. The number of hydrogen-bond acceptors (Lipinski definition) is 11. The molecule has 0 aromatic heterocycles. The number of carboxylic acids is 3. The zero-order valence-corrected chi connectivity index (χ0v) is 38.9. The van der Waals surface area contributed by atoms with Crippen molar-refractivity contribution in [3.05, 3.63) is 113 Å². The Hall–Kier alpha value is -7.81. The Morgan fingerprint density at radius 3 is 1.60 bits per heavy atom. The van der Waals surface area contributed by atoms with Crippen LogP contribution in [0.3, 0.4) is 0 Å². The maximum atomic E-state index is 14.0. The van der Waals surface area contributed by atoms with E-state index < -0.39 is 103 Å². The van der Waals surface area contributed by atoms with Crippen molar-refractivity contribution >= 4 is 76.7 Å². The molecule has 22 heteroatoms. The average Bonchev–Trinajstić information content (AvgIpc) is 3.53. The summed E-state index contributed by atoms with van der Waals surface area (Å²) in [6.07, 6.45) is 0.563. The molecule has 0 spiro atoms. The number of aliphatic carboxylic acids is 3. The van der Waals surface area contributed by atoms with Gasteiger partial charge in [0.25, 0.3) is 11.8 Å². The molecule has 1 heterocycles. The van der Waals surface area contributed by atoms with Gasteiger partial charge in [0.2, 0.25) is 23.6 Å². The molecule has 1 aliphatic rings. The van der Waals surface area contributed by atoms with Gasteiger partial charge in [-0.1, -0.05) is 103 Å². The molecule has 0 radical (unpaired) electrons. The molecule has 4 rings (SSSR count). The van der Waals surface area contributed by atoms with Gasteiger partial charge in [-0.15, -0.1) is 0 Å². The number of nitrogens with one attached hydrogen (secondary N) is 7. The number of halogens is 1. The van der Waals surface area contributed by atoms with Crippen LogP contribution < -0.4 is 37.2 Å². The predicted octanol–water partition coefficient (Wildman–Crippen LogP) is 2.41. The average molecular weight is 989 g/mol. The monoisotopic (exact) mass is 988 g/mol. The van der Waals surface area contributed by atoms with Crippen molar-refractivity contribution in [2.75, 3.05) is 25.0 Å². The molecule has 0 bridgehead atoms. The Morgan fingerprint density at radius 2 is 1.04 bits per heavy atom. The fraction of sp³-hybridized carbons (Fsp3) is 0.375. The maximum absolute atomic E-state index is 14.0. The summed E-state index contributed by atoms with van der Waals surface area (Å²) in [6.45, 7) is -0.0669. The number of anilines is 1. The lowest BCUT2D eigenvalue weighted by atomic mass is 10.0. The van der Waals surface area contributed by atoms with E-state index in [0.29, 0.717) is 31.4 Å². The van der Waals surface area contributed by atoms with Crippen LogP contribution in [0.1, 0.15) is 68.9 Å². The zero-order chi connectivity index (χ0) is 51.0. The van der Waals surface area contributed by atoms with Gasteiger partial charge < -0.3 is 52.5 Å². The van der Waals surface area contributed by atoms with E-state index in [2.05, 4.69) is 31.9 Å². The lowest BCUT2D eigenvalue weighted by Crippen LogP contribution is -2.55. The fourth-order valence-electron chi connectivity index (χ4n) is 7.11. The van der Waals surface area contributed by atoms with E-state index in [1.807, 2.05) is 17.4 Å². The van der Waals surface area contributed by atoms with E-state index in [1.54, 1.807) is 78.9 Å². The predicted molar refractivity (Wildman–Crippen MR) is 254 cm³/mol. The summed E-state index contributed by atoms with van der Waals surface area (Å²) >= 11 is 6.21. The Balaban J connectivity index is 1.26. The number of urea groups is 1. The topological polar surface area (TPSA) is 319 Å². The summed E-state index contributed by atoms with van der Waals surface area (Å²) in [4.78, 5) is 127. The summed E-state index contributed by atoms with van der Waals surface area (Å²) in [5.41, 5.74) is 2.09. The molecule has 0 saturated heterocycles. The van der Waals surface area contributed by atoms with Gasteiger partial charge in [0.1, 0.15) is 34.9 Å². The van der Waals surface area contributed by atoms with E-state index in [1.165, 1.54) is 0 Å². The lowest BCUT2D eigenvalue weighted by molar-refractivity contribution is -0.141. The van der Waals surface area contributed by atoms with E-state index >= 15 is 0 Å². The highest BCUT2D eigenvalue weighted by Gasteiger charge is 2.37. The highest BCUT2D eigenvalue weighted by Crippen LogP contribution is 2.26. The molecule has 0 saturated carbocycles.